The number of para-hydroxylation sites is 2. The number of anilines is 1. The smallest absolute Gasteiger partial charge is 0.387 e. The van der Waals surface area contributed by atoms with Gasteiger partial charge in [-0.1, -0.05) is 42.0 Å². The third-order valence-electron chi connectivity index (χ3n) is 3.51. The highest BCUT2D eigenvalue weighted by atomic mass is 19.3. The van der Waals surface area contributed by atoms with Crippen LogP contribution in [0.2, 0.25) is 0 Å². The Kier molecular flexibility index (Phi) is 6.66. The Balaban J connectivity index is 1.93. The average Bonchev–Trinajstić information content (AvgIpc) is 2.58. The number of hydrogen-bond acceptors (Lipinski definition) is 4. The van der Waals surface area contributed by atoms with Gasteiger partial charge in [-0.15, -0.1) is 0 Å². The quantitative estimate of drug-likeness (QED) is 0.762. The summed E-state index contributed by atoms with van der Waals surface area (Å²) in [5, 5.41) is 2.42. The highest BCUT2D eigenvalue weighted by Crippen LogP contribution is 2.25. The van der Waals surface area contributed by atoms with E-state index < -0.39 is 24.6 Å². The van der Waals surface area contributed by atoms with Crippen molar-refractivity contribution < 1.29 is 27.8 Å². The second-order valence-electron chi connectivity index (χ2n) is 5.66. The first-order valence-corrected chi connectivity index (χ1v) is 7.95. The van der Waals surface area contributed by atoms with Gasteiger partial charge >= 0.3 is 12.6 Å². The second-order valence-corrected chi connectivity index (χ2v) is 5.66. The topological polar surface area (TPSA) is 64.6 Å². The number of aryl methyl sites for hydroxylation is 1. The van der Waals surface area contributed by atoms with Gasteiger partial charge in [-0.25, -0.2) is 0 Å². The van der Waals surface area contributed by atoms with Crippen molar-refractivity contribution in [2.75, 3.05) is 5.32 Å². The Labute approximate surface area is 149 Å². The fourth-order valence-corrected chi connectivity index (χ4v) is 2.17. The number of rotatable bonds is 7. The largest absolute Gasteiger partial charge is 0.452 e. The van der Waals surface area contributed by atoms with Crippen LogP contribution in [0.25, 0.3) is 0 Å². The summed E-state index contributed by atoms with van der Waals surface area (Å²) in [5.74, 6) is -1.38. The van der Waals surface area contributed by atoms with Crippen molar-refractivity contribution in [2.24, 2.45) is 0 Å². The van der Waals surface area contributed by atoms with Crippen molar-refractivity contribution in [3.8, 4) is 5.75 Å². The summed E-state index contributed by atoms with van der Waals surface area (Å²) in [6, 6.07) is 13.1. The Morgan fingerprint density at radius 3 is 2.38 bits per heavy atom. The van der Waals surface area contributed by atoms with Crippen molar-refractivity contribution in [3.63, 3.8) is 0 Å². The molecule has 0 aromatic heterocycles. The SMILES string of the molecule is Cc1ccc(CC(=O)O[C@H](C)C(=O)Nc2ccccc2OC(F)F)cc1. The molecule has 0 unspecified atom stereocenters. The molecule has 1 atom stereocenters. The van der Waals surface area contributed by atoms with E-state index in [4.69, 9.17) is 4.74 Å². The molecule has 138 valence electrons. The van der Waals surface area contributed by atoms with Crippen LogP contribution >= 0.6 is 0 Å². The van der Waals surface area contributed by atoms with Gasteiger partial charge in [0.1, 0.15) is 5.75 Å². The average molecular weight is 363 g/mol. The Morgan fingerprint density at radius 1 is 1.08 bits per heavy atom. The van der Waals surface area contributed by atoms with E-state index in [9.17, 15) is 18.4 Å². The first-order valence-electron chi connectivity index (χ1n) is 7.95. The first kappa shape index (κ1) is 19.4. The predicted molar refractivity (Wildman–Crippen MR) is 92.1 cm³/mol. The number of halogens is 2. The van der Waals surface area contributed by atoms with Crippen LogP contribution in [0.3, 0.4) is 0 Å². The van der Waals surface area contributed by atoms with Crippen molar-refractivity contribution in [1.29, 1.82) is 0 Å². The summed E-state index contributed by atoms with van der Waals surface area (Å²) in [4.78, 5) is 24.1. The summed E-state index contributed by atoms with van der Waals surface area (Å²) in [5.41, 5.74) is 1.91. The van der Waals surface area contributed by atoms with Gasteiger partial charge in [-0.3, -0.25) is 9.59 Å². The highest BCUT2D eigenvalue weighted by Gasteiger charge is 2.20. The molecule has 0 saturated heterocycles. The number of alkyl halides is 2. The molecule has 26 heavy (non-hydrogen) atoms. The van der Waals surface area contributed by atoms with Crippen molar-refractivity contribution >= 4 is 17.6 Å². The molecular formula is C19H19F2NO4. The van der Waals surface area contributed by atoms with Crippen LogP contribution in [0.4, 0.5) is 14.5 Å². The normalized spacial score (nSPS) is 11.7. The summed E-state index contributed by atoms with van der Waals surface area (Å²) in [6.45, 7) is 0.320. The number of amides is 1. The van der Waals surface area contributed by atoms with E-state index in [0.29, 0.717) is 0 Å². The molecule has 0 aliphatic heterocycles. The molecule has 0 saturated carbocycles. The number of ether oxygens (including phenoxy) is 2. The Morgan fingerprint density at radius 2 is 1.73 bits per heavy atom. The molecule has 2 rings (SSSR count). The van der Waals surface area contributed by atoms with Crippen LogP contribution in [-0.4, -0.2) is 24.6 Å². The van der Waals surface area contributed by atoms with Gasteiger partial charge in [0.25, 0.3) is 5.91 Å². The molecule has 0 aliphatic rings. The van der Waals surface area contributed by atoms with E-state index in [2.05, 4.69) is 10.1 Å². The third-order valence-corrected chi connectivity index (χ3v) is 3.51. The summed E-state index contributed by atoms with van der Waals surface area (Å²) < 4.78 is 34.2. The van der Waals surface area contributed by atoms with Crippen LogP contribution in [0.5, 0.6) is 5.75 Å². The van der Waals surface area contributed by atoms with Crippen LogP contribution in [0, 0.1) is 6.92 Å². The summed E-state index contributed by atoms with van der Waals surface area (Å²) in [6.07, 6.45) is -1.06. The molecule has 7 heteroatoms. The minimum atomic E-state index is -3.02. The summed E-state index contributed by atoms with van der Waals surface area (Å²) in [7, 11) is 0. The molecule has 0 fully saturated rings. The zero-order valence-electron chi connectivity index (χ0n) is 14.4. The number of esters is 1. The second kappa shape index (κ2) is 8.94. The molecule has 0 radical (unpaired) electrons. The fourth-order valence-electron chi connectivity index (χ4n) is 2.17. The molecule has 5 nitrogen and oxygen atoms in total. The molecule has 0 aliphatic carbocycles. The van der Waals surface area contributed by atoms with E-state index in [0.717, 1.165) is 11.1 Å². The van der Waals surface area contributed by atoms with E-state index in [1.807, 2.05) is 19.1 Å². The molecule has 0 spiro atoms. The molecule has 2 aromatic carbocycles. The fraction of sp³-hybridized carbons (Fsp3) is 0.263. The molecule has 1 N–H and O–H groups in total. The zero-order valence-corrected chi connectivity index (χ0v) is 14.4. The molecule has 0 bridgehead atoms. The van der Waals surface area contributed by atoms with Crippen molar-refractivity contribution in [2.45, 2.75) is 33.0 Å². The predicted octanol–water partition coefficient (Wildman–Crippen LogP) is 3.71. The summed E-state index contributed by atoms with van der Waals surface area (Å²) >= 11 is 0. The van der Waals surface area contributed by atoms with Gasteiger partial charge in [0.05, 0.1) is 12.1 Å². The van der Waals surface area contributed by atoms with Gasteiger partial charge in [0.15, 0.2) is 6.10 Å². The van der Waals surface area contributed by atoms with Gasteiger partial charge in [-0.05, 0) is 31.5 Å². The van der Waals surface area contributed by atoms with Crippen LogP contribution in [0.15, 0.2) is 48.5 Å². The zero-order chi connectivity index (χ0) is 19.1. The van der Waals surface area contributed by atoms with Crippen LogP contribution < -0.4 is 10.1 Å². The maximum atomic E-state index is 12.4. The van der Waals surface area contributed by atoms with Gasteiger partial charge in [0, 0.05) is 0 Å². The molecule has 2 aromatic rings. The minimum absolute atomic E-state index is 0.0307. The van der Waals surface area contributed by atoms with E-state index in [-0.39, 0.29) is 17.9 Å². The maximum Gasteiger partial charge on any atom is 0.387 e. The molecule has 0 heterocycles. The maximum absolute atomic E-state index is 12.4. The number of carbonyl (C=O) groups excluding carboxylic acids is 2. The van der Waals surface area contributed by atoms with Crippen LogP contribution in [0.1, 0.15) is 18.1 Å². The van der Waals surface area contributed by atoms with Gasteiger partial charge in [-0.2, -0.15) is 8.78 Å². The first-order chi connectivity index (χ1) is 12.3. The van der Waals surface area contributed by atoms with Crippen LogP contribution in [-0.2, 0) is 20.7 Å². The van der Waals surface area contributed by atoms with Gasteiger partial charge in [0.2, 0.25) is 0 Å². The molecular weight excluding hydrogens is 344 g/mol. The van der Waals surface area contributed by atoms with Crippen molar-refractivity contribution in [3.05, 3.63) is 59.7 Å². The lowest BCUT2D eigenvalue weighted by Gasteiger charge is -2.15. The third kappa shape index (κ3) is 5.84. The van der Waals surface area contributed by atoms with Gasteiger partial charge < -0.3 is 14.8 Å². The van der Waals surface area contributed by atoms with E-state index in [1.165, 1.54) is 25.1 Å². The lowest BCUT2D eigenvalue weighted by atomic mass is 10.1. The molecule has 1 amide bonds. The highest BCUT2D eigenvalue weighted by molar-refractivity contribution is 5.96. The number of hydrogen-bond donors (Lipinski definition) is 1. The lowest BCUT2D eigenvalue weighted by molar-refractivity contribution is -0.152. The van der Waals surface area contributed by atoms with Crippen molar-refractivity contribution in [1.82, 2.24) is 0 Å². The lowest BCUT2D eigenvalue weighted by Crippen LogP contribution is -2.30. The van der Waals surface area contributed by atoms with E-state index in [1.54, 1.807) is 18.2 Å². The number of carbonyl (C=O) groups is 2. The number of nitrogens with one attached hydrogen (secondary N) is 1. The van der Waals surface area contributed by atoms with E-state index >= 15 is 0 Å². The standard InChI is InChI=1S/C19H19F2NO4/c1-12-7-9-14(10-8-12)11-17(23)25-13(2)18(24)22-15-5-3-4-6-16(15)26-19(20)21/h3-10,13,19H,11H2,1-2H3,(H,22,24)/t13-/m1/s1. The monoisotopic (exact) mass is 363 g/mol. The minimum Gasteiger partial charge on any atom is -0.452 e. The Hall–Kier alpha value is -2.96. The Bertz CT molecular complexity index is 762. The number of benzene rings is 2.